The van der Waals surface area contributed by atoms with Gasteiger partial charge >= 0.3 is 5.97 Å². The molecule has 0 aliphatic rings. The second-order valence-electron chi connectivity index (χ2n) is 4.83. The van der Waals surface area contributed by atoms with Crippen LogP contribution in [0.25, 0.3) is 20.8 Å². The maximum absolute atomic E-state index is 11.0. The van der Waals surface area contributed by atoms with Crippen molar-refractivity contribution >= 4 is 27.5 Å². The van der Waals surface area contributed by atoms with Crippen LogP contribution >= 0.6 is 11.3 Å². The molecule has 0 unspecified atom stereocenters. The number of hydrogen-bond donors (Lipinski definition) is 1. The van der Waals surface area contributed by atoms with Gasteiger partial charge in [0.15, 0.2) is 0 Å². The summed E-state index contributed by atoms with van der Waals surface area (Å²) in [6.07, 6.45) is 0. The molecule has 4 heteroatoms. The first kappa shape index (κ1) is 12.8. The number of aromatic carboxylic acids is 1. The number of carbonyl (C=O) groups is 1. The third-order valence-electron chi connectivity index (χ3n) is 3.26. The molecule has 2 aromatic carbocycles. The van der Waals surface area contributed by atoms with E-state index in [2.05, 4.69) is 37.0 Å². The summed E-state index contributed by atoms with van der Waals surface area (Å²) in [6.45, 7) is 4.11. The molecule has 0 amide bonds. The van der Waals surface area contributed by atoms with Crippen molar-refractivity contribution in [2.45, 2.75) is 13.8 Å². The van der Waals surface area contributed by atoms with Crippen LogP contribution < -0.4 is 0 Å². The van der Waals surface area contributed by atoms with Crippen molar-refractivity contribution in [3.8, 4) is 10.6 Å². The number of aryl methyl sites for hydroxylation is 2. The second kappa shape index (κ2) is 4.72. The van der Waals surface area contributed by atoms with Crippen LogP contribution in [0.5, 0.6) is 0 Å². The number of aromatic nitrogens is 1. The van der Waals surface area contributed by atoms with Gasteiger partial charge in [-0.1, -0.05) is 17.7 Å². The lowest BCUT2D eigenvalue weighted by Crippen LogP contribution is -1.94. The molecule has 0 bridgehead atoms. The van der Waals surface area contributed by atoms with Crippen LogP contribution in [0.4, 0.5) is 0 Å². The predicted molar refractivity (Wildman–Crippen MR) is 81.5 cm³/mol. The fourth-order valence-electron chi connectivity index (χ4n) is 2.14. The van der Waals surface area contributed by atoms with Gasteiger partial charge in [0.25, 0.3) is 0 Å². The maximum Gasteiger partial charge on any atom is 0.335 e. The summed E-state index contributed by atoms with van der Waals surface area (Å²) >= 11 is 1.53. The van der Waals surface area contributed by atoms with E-state index in [-0.39, 0.29) is 0 Å². The molecule has 0 spiro atoms. The van der Waals surface area contributed by atoms with E-state index in [4.69, 9.17) is 5.11 Å². The molecule has 0 saturated carbocycles. The standard InChI is InChI=1S/C16H13NO2S/c1-9-3-4-10(2)12(7-9)15-17-13-6-5-11(16(18)19)8-14(13)20-15/h3-8H,1-2H3,(H,18,19). The molecule has 1 heterocycles. The molecule has 0 fully saturated rings. The van der Waals surface area contributed by atoms with Crippen LogP contribution in [0.15, 0.2) is 36.4 Å². The number of carboxylic acid groups (broad SMARTS) is 1. The minimum atomic E-state index is -0.909. The highest BCUT2D eigenvalue weighted by molar-refractivity contribution is 7.21. The van der Waals surface area contributed by atoms with Gasteiger partial charge in [0.05, 0.1) is 15.8 Å². The zero-order chi connectivity index (χ0) is 14.3. The van der Waals surface area contributed by atoms with Crippen molar-refractivity contribution in [3.05, 3.63) is 53.1 Å². The van der Waals surface area contributed by atoms with Crippen molar-refractivity contribution in [1.29, 1.82) is 0 Å². The van der Waals surface area contributed by atoms with E-state index in [1.54, 1.807) is 18.2 Å². The van der Waals surface area contributed by atoms with Gasteiger partial charge in [-0.3, -0.25) is 0 Å². The minimum Gasteiger partial charge on any atom is -0.478 e. The topological polar surface area (TPSA) is 50.2 Å². The van der Waals surface area contributed by atoms with Crippen molar-refractivity contribution in [2.75, 3.05) is 0 Å². The summed E-state index contributed by atoms with van der Waals surface area (Å²) < 4.78 is 0.904. The van der Waals surface area contributed by atoms with Crippen LogP contribution in [-0.2, 0) is 0 Å². The Hall–Kier alpha value is -2.20. The maximum atomic E-state index is 11.0. The molecule has 3 rings (SSSR count). The molecular formula is C16H13NO2S. The van der Waals surface area contributed by atoms with Crippen LogP contribution in [0.3, 0.4) is 0 Å². The average molecular weight is 283 g/mol. The van der Waals surface area contributed by atoms with E-state index in [1.165, 1.54) is 22.5 Å². The highest BCUT2D eigenvalue weighted by atomic mass is 32.1. The van der Waals surface area contributed by atoms with Crippen LogP contribution in [-0.4, -0.2) is 16.1 Å². The minimum absolute atomic E-state index is 0.300. The van der Waals surface area contributed by atoms with Crippen molar-refractivity contribution in [1.82, 2.24) is 4.98 Å². The van der Waals surface area contributed by atoms with E-state index in [9.17, 15) is 4.79 Å². The Morgan fingerprint density at radius 1 is 1.15 bits per heavy atom. The van der Waals surface area contributed by atoms with Crippen molar-refractivity contribution in [2.24, 2.45) is 0 Å². The van der Waals surface area contributed by atoms with Crippen LogP contribution in [0, 0.1) is 13.8 Å². The van der Waals surface area contributed by atoms with Gasteiger partial charge in [0, 0.05) is 5.56 Å². The molecule has 0 aliphatic heterocycles. The number of carboxylic acids is 1. The van der Waals surface area contributed by atoms with Crippen molar-refractivity contribution < 1.29 is 9.90 Å². The number of rotatable bonds is 2. The lowest BCUT2D eigenvalue weighted by Gasteiger charge is -2.02. The van der Waals surface area contributed by atoms with Gasteiger partial charge in [-0.15, -0.1) is 11.3 Å². The van der Waals surface area contributed by atoms with E-state index < -0.39 is 5.97 Å². The molecule has 0 radical (unpaired) electrons. The molecule has 0 saturated heterocycles. The number of hydrogen-bond acceptors (Lipinski definition) is 3. The quantitative estimate of drug-likeness (QED) is 0.763. The Morgan fingerprint density at radius 2 is 1.95 bits per heavy atom. The molecule has 100 valence electrons. The summed E-state index contributed by atoms with van der Waals surface area (Å²) in [5, 5.41) is 9.97. The fraction of sp³-hybridized carbons (Fsp3) is 0.125. The summed E-state index contributed by atoms with van der Waals surface area (Å²) in [5.41, 5.74) is 4.62. The van der Waals surface area contributed by atoms with E-state index in [0.717, 1.165) is 20.8 Å². The molecular weight excluding hydrogens is 270 g/mol. The first-order valence-electron chi connectivity index (χ1n) is 6.26. The first-order chi connectivity index (χ1) is 9.54. The van der Waals surface area contributed by atoms with Crippen LogP contribution in [0.1, 0.15) is 21.5 Å². The summed E-state index contributed by atoms with van der Waals surface area (Å²) in [7, 11) is 0. The van der Waals surface area contributed by atoms with Gasteiger partial charge in [-0.25, -0.2) is 9.78 Å². The monoisotopic (exact) mass is 283 g/mol. The molecule has 0 atom stereocenters. The van der Waals surface area contributed by atoms with Crippen molar-refractivity contribution in [3.63, 3.8) is 0 Å². The predicted octanol–water partition coefficient (Wildman–Crippen LogP) is 4.28. The van der Waals surface area contributed by atoms with Gasteiger partial charge in [0.2, 0.25) is 0 Å². The summed E-state index contributed by atoms with van der Waals surface area (Å²) in [4.78, 5) is 15.6. The normalized spacial score (nSPS) is 10.9. The molecule has 0 aliphatic carbocycles. The first-order valence-corrected chi connectivity index (χ1v) is 7.08. The van der Waals surface area contributed by atoms with Gasteiger partial charge in [-0.05, 0) is 43.7 Å². The van der Waals surface area contributed by atoms with Gasteiger partial charge in [0.1, 0.15) is 5.01 Å². The summed E-state index contributed by atoms with van der Waals surface area (Å²) in [5.74, 6) is -0.909. The number of nitrogens with zero attached hydrogens (tertiary/aromatic N) is 1. The third-order valence-corrected chi connectivity index (χ3v) is 4.31. The zero-order valence-electron chi connectivity index (χ0n) is 11.2. The lowest BCUT2D eigenvalue weighted by atomic mass is 10.1. The molecule has 3 aromatic rings. The highest BCUT2D eigenvalue weighted by Gasteiger charge is 2.11. The van der Waals surface area contributed by atoms with Gasteiger partial charge in [-0.2, -0.15) is 0 Å². The molecule has 20 heavy (non-hydrogen) atoms. The van der Waals surface area contributed by atoms with E-state index in [1.807, 2.05) is 0 Å². The van der Waals surface area contributed by atoms with Crippen LogP contribution in [0.2, 0.25) is 0 Å². The zero-order valence-corrected chi connectivity index (χ0v) is 12.0. The van der Waals surface area contributed by atoms with Gasteiger partial charge < -0.3 is 5.11 Å². The Morgan fingerprint density at radius 3 is 2.70 bits per heavy atom. The number of thiazole rings is 1. The number of benzene rings is 2. The summed E-state index contributed by atoms with van der Waals surface area (Å²) in [6, 6.07) is 11.3. The Bertz CT molecular complexity index is 820. The Labute approximate surface area is 120 Å². The smallest absolute Gasteiger partial charge is 0.335 e. The molecule has 1 aromatic heterocycles. The molecule has 3 nitrogen and oxygen atoms in total. The Kier molecular flexibility index (Phi) is 3.03. The average Bonchev–Trinajstić information content (AvgIpc) is 2.83. The van der Waals surface area contributed by atoms with E-state index >= 15 is 0 Å². The second-order valence-corrected chi connectivity index (χ2v) is 5.86. The number of fused-ring (bicyclic) bond motifs is 1. The lowest BCUT2D eigenvalue weighted by molar-refractivity contribution is 0.0697. The highest BCUT2D eigenvalue weighted by Crippen LogP contribution is 2.33. The Balaban J connectivity index is 2.17. The largest absolute Gasteiger partial charge is 0.478 e. The fourth-order valence-corrected chi connectivity index (χ4v) is 3.23. The SMILES string of the molecule is Cc1ccc(C)c(-c2nc3ccc(C(=O)O)cc3s2)c1. The molecule has 1 N–H and O–H groups in total. The van der Waals surface area contributed by atoms with E-state index in [0.29, 0.717) is 5.56 Å². The third kappa shape index (κ3) is 2.18.